The molecule has 0 aliphatic carbocycles. The van der Waals surface area contributed by atoms with Gasteiger partial charge in [0, 0.05) is 17.8 Å². The van der Waals surface area contributed by atoms with Crippen molar-refractivity contribution in [3.63, 3.8) is 0 Å². The molecular weight excluding hydrogens is 384 g/mol. The summed E-state index contributed by atoms with van der Waals surface area (Å²) < 4.78 is 4.82. The van der Waals surface area contributed by atoms with Crippen LogP contribution in [0.4, 0.5) is 9.59 Å². The first-order chi connectivity index (χ1) is 14.1. The Balaban J connectivity index is 2.17. The highest BCUT2D eigenvalue weighted by atomic mass is 16.5. The number of amidine groups is 1. The van der Waals surface area contributed by atoms with Crippen LogP contribution in [-0.4, -0.2) is 67.1 Å². The standard InChI is InChI=1S/C21H32N6O3/c1-6-30-20(29)25-18(23)15-12-27(21(2,3)17(15)22)19(28)24-16(13-26(4)5)14-10-8-7-9-11-14/h7-11,16H,6,12-13,22H2,1-5H3,(H,24,28)(H2,23,25,29)/t16-/m1/s1. The molecule has 1 aliphatic rings. The van der Waals surface area contributed by atoms with E-state index in [0.29, 0.717) is 17.8 Å². The first-order valence-electron chi connectivity index (χ1n) is 9.87. The molecule has 9 nitrogen and oxygen atoms in total. The molecule has 1 aromatic carbocycles. The van der Waals surface area contributed by atoms with Crippen molar-refractivity contribution in [1.82, 2.24) is 20.4 Å². The summed E-state index contributed by atoms with van der Waals surface area (Å²) >= 11 is 0. The quantitative estimate of drug-likeness (QED) is 0.417. The number of likely N-dealkylation sites (N-methyl/N-ethyl adjacent to an activating group) is 1. The van der Waals surface area contributed by atoms with E-state index in [0.717, 1.165) is 5.56 Å². The van der Waals surface area contributed by atoms with Gasteiger partial charge in [-0.15, -0.1) is 0 Å². The van der Waals surface area contributed by atoms with Gasteiger partial charge in [-0.05, 0) is 40.4 Å². The average Bonchev–Trinajstić information content (AvgIpc) is 2.91. The zero-order valence-electron chi connectivity index (χ0n) is 18.3. The summed E-state index contributed by atoms with van der Waals surface area (Å²) in [5, 5.41) is 13.6. The van der Waals surface area contributed by atoms with Gasteiger partial charge in [-0.25, -0.2) is 9.59 Å². The summed E-state index contributed by atoms with van der Waals surface area (Å²) in [5.41, 5.74) is 7.21. The highest BCUT2D eigenvalue weighted by Crippen LogP contribution is 2.32. The molecule has 0 unspecified atom stereocenters. The lowest BCUT2D eigenvalue weighted by Crippen LogP contribution is -2.52. The lowest BCUT2D eigenvalue weighted by Gasteiger charge is -2.35. The monoisotopic (exact) mass is 416 g/mol. The Morgan fingerprint density at radius 2 is 1.93 bits per heavy atom. The van der Waals surface area contributed by atoms with Crippen LogP contribution in [-0.2, 0) is 4.74 Å². The highest BCUT2D eigenvalue weighted by molar-refractivity contribution is 6.06. The van der Waals surface area contributed by atoms with Gasteiger partial charge in [0.1, 0.15) is 5.84 Å². The molecule has 0 spiro atoms. The van der Waals surface area contributed by atoms with E-state index in [1.165, 1.54) is 0 Å². The fourth-order valence-electron chi connectivity index (χ4n) is 3.35. The van der Waals surface area contributed by atoms with Crippen LogP contribution in [0.2, 0.25) is 0 Å². The Bertz CT molecular complexity index is 819. The van der Waals surface area contributed by atoms with Crippen LogP contribution >= 0.6 is 0 Å². The van der Waals surface area contributed by atoms with Crippen molar-refractivity contribution in [3.05, 3.63) is 47.2 Å². The summed E-state index contributed by atoms with van der Waals surface area (Å²) in [6, 6.07) is 9.24. The number of benzene rings is 1. The molecule has 0 bridgehead atoms. The number of nitrogens with two attached hydrogens (primary N) is 1. The lowest BCUT2D eigenvalue weighted by atomic mass is 10.00. The molecule has 9 heteroatoms. The van der Waals surface area contributed by atoms with Gasteiger partial charge in [0.05, 0.1) is 24.7 Å². The molecule has 1 heterocycles. The first kappa shape index (κ1) is 23.2. The molecular formula is C21H32N6O3. The summed E-state index contributed by atoms with van der Waals surface area (Å²) in [6.07, 6.45) is -0.723. The zero-order valence-corrected chi connectivity index (χ0v) is 18.3. The summed E-state index contributed by atoms with van der Waals surface area (Å²) in [4.78, 5) is 28.4. The summed E-state index contributed by atoms with van der Waals surface area (Å²) in [6.45, 7) is 6.24. The third kappa shape index (κ3) is 5.29. The van der Waals surface area contributed by atoms with E-state index in [2.05, 4.69) is 10.6 Å². The van der Waals surface area contributed by atoms with Crippen LogP contribution in [0.5, 0.6) is 0 Å². The van der Waals surface area contributed by atoms with E-state index in [4.69, 9.17) is 15.9 Å². The number of carbonyl (C=O) groups is 2. The van der Waals surface area contributed by atoms with Crippen LogP contribution in [0.25, 0.3) is 0 Å². The van der Waals surface area contributed by atoms with E-state index in [1.807, 2.05) is 63.2 Å². The average molecular weight is 417 g/mol. The number of alkyl carbamates (subject to hydrolysis) is 1. The third-order valence-corrected chi connectivity index (χ3v) is 5.07. The number of hydrogen-bond donors (Lipinski definition) is 4. The van der Waals surface area contributed by atoms with Crippen molar-refractivity contribution in [1.29, 1.82) is 5.41 Å². The van der Waals surface area contributed by atoms with Gasteiger partial charge in [0.25, 0.3) is 0 Å². The Hall–Kier alpha value is -3.07. The normalized spacial score (nSPS) is 16.4. The number of ether oxygens (including phenoxy) is 1. The van der Waals surface area contributed by atoms with Crippen molar-refractivity contribution >= 4 is 18.0 Å². The summed E-state index contributed by atoms with van der Waals surface area (Å²) in [5.74, 6) is -0.165. The second kappa shape index (κ2) is 9.62. The van der Waals surface area contributed by atoms with Gasteiger partial charge in [-0.3, -0.25) is 10.7 Å². The van der Waals surface area contributed by atoms with Crippen LogP contribution < -0.4 is 16.4 Å². The number of carbonyl (C=O) groups excluding carboxylic acids is 2. The molecule has 0 aromatic heterocycles. The second-order valence-corrected chi connectivity index (χ2v) is 7.93. The van der Waals surface area contributed by atoms with Gasteiger partial charge in [-0.1, -0.05) is 30.3 Å². The molecule has 5 N–H and O–H groups in total. The van der Waals surface area contributed by atoms with Gasteiger partial charge in [0.15, 0.2) is 0 Å². The molecule has 0 fully saturated rings. The van der Waals surface area contributed by atoms with Gasteiger partial charge >= 0.3 is 12.1 Å². The molecule has 0 saturated heterocycles. The number of urea groups is 1. The topological polar surface area (TPSA) is 124 Å². The minimum absolute atomic E-state index is 0.110. The first-order valence-corrected chi connectivity index (χ1v) is 9.87. The minimum Gasteiger partial charge on any atom is -0.450 e. The maximum absolute atomic E-state index is 13.2. The Labute approximate surface area is 177 Å². The fraction of sp³-hybridized carbons (Fsp3) is 0.476. The van der Waals surface area contributed by atoms with Crippen LogP contribution in [0.3, 0.4) is 0 Å². The van der Waals surface area contributed by atoms with Crippen LogP contribution in [0, 0.1) is 5.41 Å². The molecule has 0 radical (unpaired) electrons. The molecule has 0 saturated carbocycles. The lowest BCUT2D eigenvalue weighted by molar-refractivity contribution is 0.158. The maximum Gasteiger partial charge on any atom is 0.412 e. The zero-order chi connectivity index (χ0) is 22.5. The predicted molar refractivity (Wildman–Crippen MR) is 116 cm³/mol. The van der Waals surface area contributed by atoms with Gasteiger partial charge in [-0.2, -0.15) is 0 Å². The van der Waals surface area contributed by atoms with Gasteiger partial charge in [0.2, 0.25) is 0 Å². The van der Waals surface area contributed by atoms with Crippen molar-refractivity contribution in [3.8, 4) is 0 Å². The molecule has 1 atom stereocenters. The fourth-order valence-corrected chi connectivity index (χ4v) is 3.35. The van der Waals surface area contributed by atoms with Crippen LogP contribution in [0.1, 0.15) is 32.4 Å². The Kier molecular flexibility index (Phi) is 7.44. The molecule has 164 valence electrons. The molecule has 30 heavy (non-hydrogen) atoms. The maximum atomic E-state index is 13.2. The van der Waals surface area contributed by atoms with Crippen molar-refractivity contribution < 1.29 is 14.3 Å². The number of nitrogens with one attached hydrogen (secondary N) is 3. The smallest absolute Gasteiger partial charge is 0.412 e. The Morgan fingerprint density at radius 1 is 1.30 bits per heavy atom. The Morgan fingerprint density at radius 3 is 2.50 bits per heavy atom. The van der Waals surface area contributed by atoms with E-state index in [9.17, 15) is 9.59 Å². The molecule has 1 aromatic rings. The number of rotatable bonds is 6. The number of hydrogen-bond acceptors (Lipinski definition) is 6. The second-order valence-electron chi connectivity index (χ2n) is 7.93. The summed E-state index contributed by atoms with van der Waals surface area (Å²) in [7, 11) is 3.89. The molecule has 1 aliphatic heterocycles. The van der Waals surface area contributed by atoms with Gasteiger partial charge < -0.3 is 25.6 Å². The third-order valence-electron chi connectivity index (χ3n) is 5.07. The SMILES string of the molecule is CCOC(=O)NC(=N)C1=C(N)C(C)(C)N(C(=O)N[C@H](CN(C)C)c2ccccc2)C1. The minimum atomic E-state index is -0.818. The van der Waals surface area contributed by atoms with Crippen molar-refractivity contribution in [2.24, 2.45) is 5.73 Å². The van der Waals surface area contributed by atoms with Crippen molar-refractivity contribution in [2.45, 2.75) is 32.4 Å². The van der Waals surface area contributed by atoms with Crippen LogP contribution in [0.15, 0.2) is 41.6 Å². The largest absolute Gasteiger partial charge is 0.450 e. The number of nitrogens with zero attached hydrogens (tertiary/aromatic N) is 2. The van der Waals surface area contributed by atoms with E-state index < -0.39 is 11.6 Å². The molecule has 3 amide bonds. The van der Waals surface area contributed by atoms with E-state index in [-0.39, 0.29) is 31.1 Å². The number of amides is 3. The predicted octanol–water partition coefficient (Wildman–Crippen LogP) is 2.03. The van der Waals surface area contributed by atoms with Crippen molar-refractivity contribution in [2.75, 3.05) is 33.8 Å². The van der Waals surface area contributed by atoms with E-state index in [1.54, 1.807) is 11.8 Å². The molecule has 2 rings (SSSR count). The highest BCUT2D eigenvalue weighted by Gasteiger charge is 2.43. The van der Waals surface area contributed by atoms with E-state index >= 15 is 0 Å².